The SMILES string of the molecule is Cc1ccc(NC(=O)[C@H](C)N)c(C)c1. The second-order valence-electron chi connectivity index (χ2n) is 3.60. The van der Waals surface area contributed by atoms with E-state index >= 15 is 0 Å². The molecule has 0 saturated heterocycles. The lowest BCUT2D eigenvalue weighted by atomic mass is 10.1. The first-order valence-electron chi connectivity index (χ1n) is 4.64. The number of carbonyl (C=O) groups is 1. The summed E-state index contributed by atoms with van der Waals surface area (Å²) in [5.74, 6) is -0.156. The van der Waals surface area contributed by atoms with Crippen molar-refractivity contribution >= 4 is 11.6 Å². The van der Waals surface area contributed by atoms with Crippen molar-refractivity contribution in [1.29, 1.82) is 0 Å². The lowest BCUT2D eigenvalue weighted by molar-refractivity contribution is -0.117. The first-order chi connectivity index (χ1) is 6.50. The fourth-order valence-electron chi connectivity index (χ4n) is 1.20. The van der Waals surface area contributed by atoms with Crippen LogP contribution < -0.4 is 11.1 Å². The van der Waals surface area contributed by atoms with E-state index in [0.29, 0.717) is 0 Å². The third kappa shape index (κ3) is 2.57. The Bertz CT molecular complexity index is 345. The molecule has 0 aliphatic rings. The van der Waals surface area contributed by atoms with Gasteiger partial charge in [0, 0.05) is 5.69 Å². The highest BCUT2D eigenvalue weighted by Gasteiger charge is 2.08. The number of rotatable bonds is 2. The van der Waals surface area contributed by atoms with Crippen molar-refractivity contribution in [3.63, 3.8) is 0 Å². The third-order valence-electron chi connectivity index (χ3n) is 2.05. The second-order valence-corrected chi connectivity index (χ2v) is 3.60. The van der Waals surface area contributed by atoms with Crippen molar-refractivity contribution in [2.75, 3.05) is 5.32 Å². The van der Waals surface area contributed by atoms with Gasteiger partial charge >= 0.3 is 0 Å². The van der Waals surface area contributed by atoms with Gasteiger partial charge in [-0.15, -0.1) is 0 Å². The molecule has 0 saturated carbocycles. The first kappa shape index (κ1) is 10.7. The lowest BCUT2D eigenvalue weighted by Crippen LogP contribution is -2.32. The highest BCUT2D eigenvalue weighted by Crippen LogP contribution is 2.15. The van der Waals surface area contributed by atoms with Gasteiger partial charge < -0.3 is 11.1 Å². The zero-order valence-electron chi connectivity index (χ0n) is 8.79. The molecular weight excluding hydrogens is 176 g/mol. The van der Waals surface area contributed by atoms with Gasteiger partial charge in [-0.25, -0.2) is 0 Å². The summed E-state index contributed by atoms with van der Waals surface area (Å²) in [5.41, 5.74) is 8.52. The van der Waals surface area contributed by atoms with Crippen LogP contribution in [0, 0.1) is 13.8 Å². The zero-order chi connectivity index (χ0) is 10.7. The van der Waals surface area contributed by atoms with Crippen LogP contribution in [-0.4, -0.2) is 11.9 Å². The minimum atomic E-state index is -0.476. The van der Waals surface area contributed by atoms with Gasteiger partial charge in [-0.05, 0) is 32.4 Å². The highest BCUT2D eigenvalue weighted by molar-refractivity contribution is 5.94. The Balaban J connectivity index is 2.82. The maximum atomic E-state index is 11.3. The van der Waals surface area contributed by atoms with Crippen LogP contribution >= 0.6 is 0 Å². The average molecular weight is 192 g/mol. The Morgan fingerprint density at radius 2 is 2.07 bits per heavy atom. The summed E-state index contributed by atoms with van der Waals surface area (Å²) in [6, 6.07) is 5.40. The van der Waals surface area contributed by atoms with E-state index in [-0.39, 0.29) is 5.91 Å². The second kappa shape index (κ2) is 4.24. The van der Waals surface area contributed by atoms with Gasteiger partial charge in [-0.1, -0.05) is 17.7 Å². The topological polar surface area (TPSA) is 55.1 Å². The summed E-state index contributed by atoms with van der Waals surface area (Å²) in [6.45, 7) is 5.65. The summed E-state index contributed by atoms with van der Waals surface area (Å²) in [6.07, 6.45) is 0. The smallest absolute Gasteiger partial charge is 0.241 e. The molecule has 0 aliphatic carbocycles. The normalized spacial score (nSPS) is 12.3. The van der Waals surface area contributed by atoms with Crippen LogP contribution in [0.25, 0.3) is 0 Å². The molecule has 3 N–H and O–H groups in total. The molecule has 14 heavy (non-hydrogen) atoms. The maximum absolute atomic E-state index is 11.3. The monoisotopic (exact) mass is 192 g/mol. The highest BCUT2D eigenvalue weighted by atomic mass is 16.2. The van der Waals surface area contributed by atoms with E-state index in [9.17, 15) is 4.79 Å². The van der Waals surface area contributed by atoms with Gasteiger partial charge in [0.05, 0.1) is 6.04 Å². The number of aryl methyl sites for hydroxylation is 2. The molecule has 0 heterocycles. The molecule has 0 radical (unpaired) electrons. The van der Waals surface area contributed by atoms with E-state index in [1.807, 2.05) is 32.0 Å². The predicted octanol–water partition coefficient (Wildman–Crippen LogP) is 1.59. The van der Waals surface area contributed by atoms with E-state index in [4.69, 9.17) is 5.73 Å². The lowest BCUT2D eigenvalue weighted by Gasteiger charge is -2.10. The molecule has 3 nitrogen and oxygen atoms in total. The Labute approximate surface area is 84.3 Å². The largest absolute Gasteiger partial charge is 0.325 e. The van der Waals surface area contributed by atoms with E-state index in [2.05, 4.69) is 5.32 Å². The summed E-state index contributed by atoms with van der Waals surface area (Å²) in [7, 11) is 0. The molecule has 0 aromatic heterocycles. The number of nitrogens with one attached hydrogen (secondary N) is 1. The van der Waals surface area contributed by atoms with Gasteiger partial charge in [0.15, 0.2) is 0 Å². The van der Waals surface area contributed by atoms with Crippen molar-refractivity contribution < 1.29 is 4.79 Å². The summed E-state index contributed by atoms with van der Waals surface area (Å²) in [4.78, 5) is 11.3. The van der Waals surface area contributed by atoms with Crippen molar-refractivity contribution in [2.24, 2.45) is 5.73 Å². The quantitative estimate of drug-likeness (QED) is 0.747. The molecular formula is C11H16N2O. The van der Waals surface area contributed by atoms with Crippen LogP contribution in [0.5, 0.6) is 0 Å². The van der Waals surface area contributed by atoms with Crippen LogP contribution in [0.3, 0.4) is 0 Å². The molecule has 0 aliphatic heterocycles. The number of carbonyl (C=O) groups excluding carboxylic acids is 1. The van der Waals surface area contributed by atoms with Gasteiger partial charge in [0.1, 0.15) is 0 Å². The van der Waals surface area contributed by atoms with Crippen LogP contribution in [0.4, 0.5) is 5.69 Å². The number of benzene rings is 1. The first-order valence-corrected chi connectivity index (χ1v) is 4.64. The minimum Gasteiger partial charge on any atom is -0.325 e. The molecule has 0 fully saturated rings. The molecule has 1 amide bonds. The van der Waals surface area contributed by atoms with Gasteiger partial charge in [0.2, 0.25) is 5.91 Å². The number of amides is 1. The molecule has 0 unspecified atom stereocenters. The van der Waals surface area contributed by atoms with Crippen LogP contribution in [-0.2, 0) is 4.79 Å². The van der Waals surface area contributed by atoms with E-state index < -0.39 is 6.04 Å². The standard InChI is InChI=1S/C11H16N2O/c1-7-4-5-10(8(2)6-7)13-11(14)9(3)12/h4-6,9H,12H2,1-3H3,(H,13,14)/t9-/m0/s1. The summed E-state index contributed by atoms with van der Waals surface area (Å²) in [5, 5.41) is 2.77. The van der Waals surface area contributed by atoms with Gasteiger partial charge in [0.25, 0.3) is 0 Å². The zero-order valence-corrected chi connectivity index (χ0v) is 8.79. The molecule has 0 spiro atoms. The van der Waals surface area contributed by atoms with Gasteiger partial charge in [-0.3, -0.25) is 4.79 Å². The van der Waals surface area contributed by atoms with Crippen molar-refractivity contribution in [3.8, 4) is 0 Å². The maximum Gasteiger partial charge on any atom is 0.241 e. The molecule has 3 heteroatoms. The van der Waals surface area contributed by atoms with Gasteiger partial charge in [-0.2, -0.15) is 0 Å². The predicted molar refractivity (Wildman–Crippen MR) is 58.2 cm³/mol. The van der Waals surface area contributed by atoms with E-state index in [1.54, 1.807) is 6.92 Å². The van der Waals surface area contributed by atoms with Crippen LogP contribution in [0.2, 0.25) is 0 Å². The summed E-state index contributed by atoms with van der Waals surface area (Å²) < 4.78 is 0. The fourth-order valence-corrected chi connectivity index (χ4v) is 1.20. The average Bonchev–Trinajstić information content (AvgIpc) is 2.09. The Morgan fingerprint density at radius 1 is 1.43 bits per heavy atom. The Hall–Kier alpha value is -1.35. The van der Waals surface area contributed by atoms with Crippen molar-refractivity contribution in [2.45, 2.75) is 26.8 Å². The van der Waals surface area contributed by atoms with E-state index in [0.717, 1.165) is 11.3 Å². The number of hydrogen-bond acceptors (Lipinski definition) is 2. The molecule has 1 aromatic carbocycles. The van der Waals surface area contributed by atoms with Crippen molar-refractivity contribution in [3.05, 3.63) is 29.3 Å². The third-order valence-corrected chi connectivity index (χ3v) is 2.05. The van der Waals surface area contributed by atoms with Crippen molar-refractivity contribution in [1.82, 2.24) is 0 Å². The van der Waals surface area contributed by atoms with E-state index in [1.165, 1.54) is 5.56 Å². The Kier molecular flexibility index (Phi) is 3.25. The van der Waals surface area contributed by atoms with Crippen LogP contribution in [0.15, 0.2) is 18.2 Å². The molecule has 1 atom stereocenters. The summed E-state index contributed by atoms with van der Waals surface area (Å²) >= 11 is 0. The number of hydrogen-bond donors (Lipinski definition) is 2. The molecule has 0 bridgehead atoms. The molecule has 1 rings (SSSR count). The molecule has 76 valence electrons. The molecule has 1 aromatic rings. The number of nitrogens with two attached hydrogens (primary N) is 1. The fraction of sp³-hybridized carbons (Fsp3) is 0.364. The Morgan fingerprint density at radius 3 is 2.57 bits per heavy atom. The minimum absolute atomic E-state index is 0.156. The number of anilines is 1. The van der Waals surface area contributed by atoms with Crippen LogP contribution in [0.1, 0.15) is 18.1 Å².